The molecule has 1 saturated heterocycles. The molecule has 2 aromatic rings. The number of nitrogens with zero attached hydrogens (tertiary/aromatic N) is 1. The summed E-state index contributed by atoms with van der Waals surface area (Å²) in [7, 11) is 0. The Morgan fingerprint density at radius 1 is 0.885 bits per heavy atom. The number of piperidine rings is 1. The van der Waals surface area contributed by atoms with Crippen LogP contribution in [0.3, 0.4) is 0 Å². The molecule has 2 aromatic carbocycles. The molecule has 3 rings (SSSR count). The van der Waals surface area contributed by atoms with Crippen LogP contribution in [-0.2, 0) is 0 Å². The number of benzene rings is 2. The first kappa shape index (κ1) is 18.2. The normalized spacial score (nSPS) is 14.3. The molecule has 1 heterocycles. The SMILES string of the molecule is O=C(NCCCN1CCCCC1)c1ccc(C#Cc2ccccc2)cc1. The van der Waals surface area contributed by atoms with Crippen molar-refractivity contribution in [2.75, 3.05) is 26.2 Å². The zero-order valence-electron chi connectivity index (χ0n) is 15.2. The fraction of sp³-hybridized carbons (Fsp3) is 0.348. The van der Waals surface area contributed by atoms with Crippen molar-refractivity contribution in [2.24, 2.45) is 0 Å². The van der Waals surface area contributed by atoms with E-state index < -0.39 is 0 Å². The first-order valence-electron chi connectivity index (χ1n) is 9.49. The minimum absolute atomic E-state index is 0.00814. The fourth-order valence-electron chi connectivity index (χ4n) is 3.16. The van der Waals surface area contributed by atoms with Gasteiger partial charge in [-0.05, 0) is 75.3 Å². The molecule has 1 fully saturated rings. The maximum Gasteiger partial charge on any atom is 0.251 e. The van der Waals surface area contributed by atoms with Gasteiger partial charge in [0.2, 0.25) is 0 Å². The topological polar surface area (TPSA) is 32.3 Å². The second kappa shape index (κ2) is 9.79. The molecular weight excluding hydrogens is 320 g/mol. The van der Waals surface area contributed by atoms with Crippen LogP contribution in [0.25, 0.3) is 0 Å². The summed E-state index contributed by atoms with van der Waals surface area (Å²) in [5.74, 6) is 6.25. The zero-order chi connectivity index (χ0) is 18.0. The molecule has 0 unspecified atom stereocenters. The highest BCUT2D eigenvalue weighted by Crippen LogP contribution is 2.08. The monoisotopic (exact) mass is 346 g/mol. The van der Waals surface area contributed by atoms with Crippen molar-refractivity contribution in [3.8, 4) is 11.8 Å². The predicted octanol–water partition coefficient (Wildman–Crippen LogP) is 3.69. The molecule has 0 aliphatic carbocycles. The number of rotatable bonds is 5. The molecule has 1 aliphatic rings. The van der Waals surface area contributed by atoms with Crippen LogP contribution >= 0.6 is 0 Å². The number of hydrogen-bond donors (Lipinski definition) is 1. The maximum atomic E-state index is 12.2. The Morgan fingerprint density at radius 2 is 1.54 bits per heavy atom. The van der Waals surface area contributed by atoms with Crippen molar-refractivity contribution < 1.29 is 4.79 Å². The average Bonchev–Trinajstić information content (AvgIpc) is 2.71. The Hall–Kier alpha value is -2.57. The molecule has 0 spiro atoms. The van der Waals surface area contributed by atoms with Crippen LogP contribution in [0.1, 0.15) is 47.2 Å². The van der Waals surface area contributed by atoms with Crippen LogP contribution in [0.5, 0.6) is 0 Å². The van der Waals surface area contributed by atoms with Gasteiger partial charge < -0.3 is 10.2 Å². The van der Waals surface area contributed by atoms with E-state index in [0.717, 1.165) is 30.6 Å². The Labute approximate surface area is 156 Å². The van der Waals surface area contributed by atoms with Crippen molar-refractivity contribution in [1.82, 2.24) is 10.2 Å². The van der Waals surface area contributed by atoms with Gasteiger partial charge in [0.05, 0.1) is 0 Å². The number of amides is 1. The van der Waals surface area contributed by atoms with E-state index in [0.29, 0.717) is 5.56 Å². The highest BCUT2D eigenvalue weighted by molar-refractivity contribution is 5.94. The Balaban J connectivity index is 1.44. The number of carbonyl (C=O) groups excluding carboxylic acids is 1. The van der Waals surface area contributed by atoms with Gasteiger partial charge in [-0.3, -0.25) is 4.79 Å². The van der Waals surface area contributed by atoms with Gasteiger partial charge in [0.15, 0.2) is 0 Å². The Kier molecular flexibility index (Phi) is 6.87. The van der Waals surface area contributed by atoms with E-state index in [9.17, 15) is 4.79 Å². The van der Waals surface area contributed by atoms with Gasteiger partial charge in [-0.2, -0.15) is 0 Å². The minimum atomic E-state index is -0.00814. The lowest BCUT2D eigenvalue weighted by Crippen LogP contribution is -2.33. The number of likely N-dealkylation sites (tertiary alicyclic amines) is 1. The second-order valence-corrected chi connectivity index (χ2v) is 6.71. The van der Waals surface area contributed by atoms with E-state index in [1.807, 2.05) is 54.6 Å². The number of nitrogens with one attached hydrogen (secondary N) is 1. The number of carbonyl (C=O) groups is 1. The summed E-state index contributed by atoms with van der Waals surface area (Å²) >= 11 is 0. The molecule has 1 aliphatic heterocycles. The third-order valence-electron chi connectivity index (χ3n) is 4.66. The summed E-state index contributed by atoms with van der Waals surface area (Å²) in [6.45, 7) is 4.22. The van der Waals surface area contributed by atoms with Crippen LogP contribution in [0.2, 0.25) is 0 Å². The first-order valence-corrected chi connectivity index (χ1v) is 9.49. The van der Waals surface area contributed by atoms with Crippen molar-refractivity contribution in [1.29, 1.82) is 0 Å². The molecule has 1 amide bonds. The van der Waals surface area contributed by atoms with Gasteiger partial charge in [0, 0.05) is 23.2 Å². The van der Waals surface area contributed by atoms with Crippen molar-refractivity contribution in [3.63, 3.8) is 0 Å². The Morgan fingerprint density at radius 3 is 2.23 bits per heavy atom. The van der Waals surface area contributed by atoms with Crippen LogP contribution < -0.4 is 5.32 Å². The van der Waals surface area contributed by atoms with Crippen molar-refractivity contribution in [3.05, 3.63) is 71.3 Å². The summed E-state index contributed by atoms with van der Waals surface area (Å²) < 4.78 is 0. The lowest BCUT2D eigenvalue weighted by Gasteiger charge is -2.26. The van der Waals surface area contributed by atoms with Crippen LogP contribution in [0.15, 0.2) is 54.6 Å². The molecule has 26 heavy (non-hydrogen) atoms. The van der Waals surface area contributed by atoms with E-state index in [4.69, 9.17) is 0 Å². The average molecular weight is 346 g/mol. The smallest absolute Gasteiger partial charge is 0.251 e. The fourth-order valence-corrected chi connectivity index (χ4v) is 3.16. The predicted molar refractivity (Wildman–Crippen MR) is 106 cm³/mol. The molecule has 0 saturated carbocycles. The van der Waals surface area contributed by atoms with Crippen molar-refractivity contribution in [2.45, 2.75) is 25.7 Å². The minimum Gasteiger partial charge on any atom is -0.352 e. The molecule has 1 N–H and O–H groups in total. The standard InChI is InChI=1S/C23H26N2O/c26-23(24-16-7-19-25-17-5-2-6-18-25)22-14-12-21(13-15-22)11-10-20-8-3-1-4-9-20/h1,3-4,8-9,12-15H,2,5-7,16-19H2,(H,24,26). The van der Waals surface area contributed by atoms with Crippen molar-refractivity contribution >= 4 is 5.91 Å². The van der Waals surface area contributed by atoms with E-state index in [2.05, 4.69) is 22.1 Å². The van der Waals surface area contributed by atoms with Crippen LogP contribution in [0.4, 0.5) is 0 Å². The summed E-state index contributed by atoms with van der Waals surface area (Å²) in [6, 6.07) is 17.4. The molecular formula is C23H26N2O. The molecule has 0 bridgehead atoms. The van der Waals surface area contributed by atoms with Crippen LogP contribution in [-0.4, -0.2) is 37.0 Å². The number of hydrogen-bond acceptors (Lipinski definition) is 2. The molecule has 3 nitrogen and oxygen atoms in total. The van der Waals surface area contributed by atoms with Gasteiger partial charge in [-0.25, -0.2) is 0 Å². The third kappa shape index (κ3) is 5.75. The van der Waals surface area contributed by atoms with E-state index >= 15 is 0 Å². The summed E-state index contributed by atoms with van der Waals surface area (Å²) in [4.78, 5) is 14.7. The van der Waals surface area contributed by atoms with Gasteiger partial charge in [-0.15, -0.1) is 0 Å². The largest absolute Gasteiger partial charge is 0.352 e. The zero-order valence-corrected chi connectivity index (χ0v) is 15.2. The highest BCUT2D eigenvalue weighted by Gasteiger charge is 2.09. The first-order chi connectivity index (χ1) is 12.8. The second-order valence-electron chi connectivity index (χ2n) is 6.71. The van der Waals surface area contributed by atoms with Gasteiger partial charge in [0.25, 0.3) is 5.91 Å². The summed E-state index contributed by atoms with van der Waals surface area (Å²) in [5, 5.41) is 3.01. The molecule has 3 heteroatoms. The quantitative estimate of drug-likeness (QED) is 0.661. The summed E-state index contributed by atoms with van der Waals surface area (Å²) in [5.41, 5.74) is 2.59. The summed E-state index contributed by atoms with van der Waals surface area (Å²) in [6.07, 6.45) is 4.99. The molecule has 134 valence electrons. The van der Waals surface area contributed by atoms with Gasteiger partial charge in [-0.1, -0.05) is 36.5 Å². The van der Waals surface area contributed by atoms with E-state index in [-0.39, 0.29) is 5.91 Å². The van der Waals surface area contributed by atoms with Gasteiger partial charge >= 0.3 is 0 Å². The van der Waals surface area contributed by atoms with Gasteiger partial charge in [0.1, 0.15) is 0 Å². The van der Waals surface area contributed by atoms with Crippen LogP contribution in [0, 0.1) is 11.8 Å². The molecule has 0 atom stereocenters. The maximum absolute atomic E-state index is 12.2. The van der Waals surface area contributed by atoms with E-state index in [1.165, 1.54) is 32.4 Å². The third-order valence-corrected chi connectivity index (χ3v) is 4.66. The van der Waals surface area contributed by atoms with E-state index in [1.54, 1.807) is 0 Å². The highest BCUT2D eigenvalue weighted by atomic mass is 16.1. The Bertz CT molecular complexity index is 750. The lowest BCUT2D eigenvalue weighted by molar-refractivity contribution is 0.0951. The molecule has 0 radical (unpaired) electrons. The molecule has 0 aromatic heterocycles. The lowest BCUT2D eigenvalue weighted by atomic mass is 10.1.